The van der Waals surface area contributed by atoms with E-state index in [1.54, 1.807) is 6.26 Å². The summed E-state index contributed by atoms with van der Waals surface area (Å²) in [6.07, 6.45) is 1.79. The van der Waals surface area contributed by atoms with E-state index in [1.807, 2.05) is 0 Å². The lowest BCUT2D eigenvalue weighted by molar-refractivity contribution is 0.0908. The molecule has 0 radical (unpaired) electrons. The molecule has 1 rings (SSSR count). The number of rotatable bonds is 6. The molecule has 19 heavy (non-hydrogen) atoms. The topological polar surface area (TPSA) is 92.4 Å². The van der Waals surface area contributed by atoms with E-state index in [9.17, 15) is 17.9 Å². The van der Waals surface area contributed by atoms with Crippen molar-refractivity contribution in [3.63, 3.8) is 0 Å². The number of benzene rings is 1. The van der Waals surface area contributed by atoms with Gasteiger partial charge in [-0.05, 0) is 31.4 Å². The minimum Gasteiger partial charge on any atom is -0.399 e. The molecule has 5 nitrogen and oxygen atoms in total. The molecule has 108 valence electrons. The molecule has 0 aliphatic rings. The average molecular weight is 308 g/mol. The Balaban J connectivity index is 2.90. The zero-order valence-corrected chi connectivity index (χ0v) is 12.3. The van der Waals surface area contributed by atoms with Gasteiger partial charge in [-0.15, -0.1) is 0 Å². The van der Waals surface area contributed by atoms with Crippen molar-refractivity contribution in [2.24, 2.45) is 0 Å². The van der Waals surface area contributed by atoms with Crippen LogP contribution in [0.3, 0.4) is 0 Å². The summed E-state index contributed by atoms with van der Waals surface area (Å²) in [6, 6.07) is 3.31. The van der Waals surface area contributed by atoms with Gasteiger partial charge in [-0.25, -0.2) is 17.5 Å². The Labute approximate surface area is 116 Å². The van der Waals surface area contributed by atoms with Gasteiger partial charge in [0.2, 0.25) is 10.0 Å². The molecule has 0 fully saturated rings. The van der Waals surface area contributed by atoms with Crippen molar-refractivity contribution in [1.82, 2.24) is 4.72 Å². The molecule has 1 atom stereocenters. The predicted octanol–water partition coefficient (Wildman–Crippen LogP) is 0.800. The van der Waals surface area contributed by atoms with E-state index in [0.29, 0.717) is 5.75 Å². The summed E-state index contributed by atoms with van der Waals surface area (Å²) < 4.78 is 39.5. The highest BCUT2D eigenvalue weighted by molar-refractivity contribution is 7.98. The quantitative estimate of drug-likeness (QED) is 0.676. The largest absolute Gasteiger partial charge is 0.399 e. The molecule has 1 unspecified atom stereocenters. The molecule has 0 amide bonds. The molecule has 0 heterocycles. The SMILES string of the molecule is CSCC(C)(O)CNS(=O)(=O)c1cc(N)ccc1F. The molecule has 0 aromatic heterocycles. The average Bonchev–Trinajstić information content (AvgIpc) is 2.30. The van der Waals surface area contributed by atoms with Crippen LogP contribution in [0.25, 0.3) is 0 Å². The fourth-order valence-corrected chi connectivity index (χ4v) is 3.41. The number of sulfonamides is 1. The van der Waals surface area contributed by atoms with Crippen LogP contribution in [0.15, 0.2) is 23.1 Å². The summed E-state index contributed by atoms with van der Waals surface area (Å²) in [6.45, 7) is 1.30. The number of nitrogens with two attached hydrogens (primary N) is 1. The molecule has 0 aliphatic heterocycles. The minimum atomic E-state index is -4.04. The van der Waals surface area contributed by atoms with Gasteiger partial charge in [-0.3, -0.25) is 0 Å². The van der Waals surface area contributed by atoms with E-state index in [4.69, 9.17) is 5.73 Å². The predicted molar refractivity (Wildman–Crippen MR) is 75.0 cm³/mol. The standard InChI is InChI=1S/C11H17FN2O3S2/c1-11(15,7-18-2)6-14-19(16,17)10-5-8(13)3-4-9(10)12/h3-5,14-15H,6-7,13H2,1-2H3. The number of anilines is 1. The lowest BCUT2D eigenvalue weighted by atomic mass is 10.1. The number of thioether (sulfide) groups is 1. The Bertz CT molecular complexity index is 547. The first-order chi connectivity index (χ1) is 8.68. The first-order valence-electron chi connectivity index (χ1n) is 5.44. The molecule has 0 saturated carbocycles. The van der Waals surface area contributed by atoms with Crippen LogP contribution in [0.5, 0.6) is 0 Å². The third-order valence-corrected chi connectivity index (χ3v) is 4.67. The van der Waals surface area contributed by atoms with Crippen molar-refractivity contribution in [2.45, 2.75) is 17.4 Å². The molecule has 4 N–H and O–H groups in total. The van der Waals surface area contributed by atoms with E-state index in [0.717, 1.165) is 12.1 Å². The van der Waals surface area contributed by atoms with Crippen LogP contribution in [0.4, 0.5) is 10.1 Å². The second kappa shape index (κ2) is 6.08. The van der Waals surface area contributed by atoms with Gasteiger partial charge >= 0.3 is 0 Å². The number of nitrogens with one attached hydrogen (secondary N) is 1. The van der Waals surface area contributed by atoms with Crippen molar-refractivity contribution >= 4 is 27.5 Å². The van der Waals surface area contributed by atoms with Crippen LogP contribution in [0.1, 0.15) is 6.92 Å². The Hall–Kier alpha value is -0.830. The highest BCUT2D eigenvalue weighted by Crippen LogP contribution is 2.18. The Kier molecular flexibility index (Phi) is 5.19. The number of hydrogen-bond donors (Lipinski definition) is 3. The van der Waals surface area contributed by atoms with Gasteiger partial charge in [0.25, 0.3) is 0 Å². The molecule has 0 spiro atoms. The zero-order valence-electron chi connectivity index (χ0n) is 10.7. The number of hydrogen-bond acceptors (Lipinski definition) is 5. The molecular weight excluding hydrogens is 291 g/mol. The van der Waals surface area contributed by atoms with Gasteiger partial charge in [-0.1, -0.05) is 0 Å². The molecule has 1 aromatic carbocycles. The molecule has 0 bridgehead atoms. The van der Waals surface area contributed by atoms with Gasteiger partial charge in [0.05, 0.1) is 5.60 Å². The Morgan fingerprint density at radius 1 is 1.53 bits per heavy atom. The number of nitrogen functional groups attached to an aromatic ring is 1. The zero-order chi connectivity index (χ0) is 14.7. The number of halogens is 1. The summed E-state index contributed by atoms with van der Waals surface area (Å²) >= 11 is 1.38. The van der Waals surface area contributed by atoms with Gasteiger partial charge in [0.15, 0.2) is 0 Å². The normalized spacial score (nSPS) is 15.2. The highest BCUT2D eigenvalue weighted by Gasteiger charge is 2.25. The second-order valence-electron chi connectivity index (χ2n) is 4.44. The smallest absolute Gasteiger partial charge is 0.243 e. The summed E-state index contributed by atoms with van der Waals surface area (Å²) in [4.78, 5) is -0.521. The lowest BCUT2D eigenvalue weighted by Gasteiger charge is -2.22. The molecule has 1 aromatic rings. The van der Waals surface area contributed by atoms with E-state index < -0.39 is 26.3 Å². The maximum absolute atomic E-state index is 13.5. The first kappa shape index (κ1) is 16.2. The Morgan fingerprint density at radius 3 is 2.74 bits per heavy atom. The van der Waals surface area contributed by atoms with Crippen molar-refractivity contribution in [3.8, 4) is 0 Å². The van der Waals surface area contributed by atoms with Crippen molar-refractivity contribution in [2.75, 3.05) is 24.3 Å². The van der Waals surface area contributed by atoms with Crippen LogP contribution in [0.2, 0.25) is 0 Å². The summed E-state index contributed by atoms with van der Waals surface area (Å²) in [5.41, 5.74) is 4.39. The molecule has 0 aliphatic carbocycles. The third kappa shape index (κ3) is 4.64. The fraction of sp³-hybridized carbons (Fsp3) is 0.455. The van der Waals surface area contributed by atoms with Crippen LogP contribution in [0, 0.1) is 5.82 Å². The molecule has 8 heteroatoms. The van der Waals surface area contributed by atoms with Crippen molar-refractivity contribution < 1.29 is 17.9 Å². The second-order valence-corrected chi connectivity index (χ2v) is 7.05. The molecule has 0 saturated heterocycles. The maximum atomic E-state index is 13.5. The van der Waals surface area contributed by atoms with Crippen LogP contribution >= 0.6 is 11.8 Å². The summed E-state index contributed by atoms with van der Waals surface area (Å²) in [5.74, 6) is -0.527. The highest BCUT2D eigenvalue weighted by atomic mass is 32.2. The maximum Gasteiger partial charge on any atom is 0.243 e. The van der Waals surface area contributed by atoms with Gasteiger partial charge in [0.1, 0.15) is 10.7 Å². The fourth-order valence-electron chi connectivity index (χ4n) is 1.42. The van der Waals surface area contributed by atoms with Crippen LogP contribution < -0.4 is 10.5 Å². The van der Waals surface area contributed by atoms with Crippen molar-refractivity contribution in [3.05, 3.63) is 24.0 Å². The lowest BCUT2D eigenvalue weighted by Crippen LogP contribution is -2.42. The monoisotopic (exact) mass is 308 g/mol. The first-order valence-corrected chi connectivity index (χ1v) is 8.32. The van der Waals surface area contributed by atoms with Gasteiger partial charge < -0.3 is 10.8 Å². The summed E-state index contributed by atoms with van der Waals surface area (Å²) in [5, 5.41) is 9.88. The minimum absolute atomic E-state index is 0.151. The van der Waals surface area contributed by atoms with Crippen LogP contribution in [-0.2, 0) is 10.0 Å². The van der Waals surface area contributed by atoms with Crippen LogP contribution in [-0.4, -0.2) is 37.7 Å². The van der Waals surface area contributed by atoms with E-state index >= 15 is 0 Å². The van der Waals surface area contributed by atoms with E-state index in [-0.39, 0.29) is 12.2 Å². The summed E-state index contributed by atoms with van der Waals surface area (Å²) in [7, 11) is -4.04. The Morgan fingerprint density at radius 2 is 2.16 bits per heavy atom. The van der Waals surface area contributed by atoms with E-state index in [2.05, 4.69) is 4.72 Å². The van der Waals surface area contributed by atoms with Gasteiger partial charge in [0, 0.05) is 18.0 Å². The van der Waals surface area contributed by atoms with Crippen molar-refractivity contribution in [1.29, 1.82) is 0 Å². The van der Waals surface area contributed by atoms with E-state index in [1.165, 1.54) is 24.8 Å². The molecular formula is C11H17FN2O3S2. The third-order valence-electron chi connectivity index (χ3n) is 2.34. The van der Waals surface area contributed by atoms with Gasteiger partial charge in [-0.2, -0.15) is 11.8 Å². The number of aliphatic hydroxyl groups is 1.